The Kier molecular flexibility index (Phi) is 21.7. The Labute approximate surface area is 152 Å². The van der Waals surface area contributed by atoms with Crippen LogP contribution in [-0.4, -0.2) is 0 Å². The smallest absolute Gasteiger partial charge is 0.0228 e. The maximum atomic E-state index is 3.56. The molecule has 0 nitrogen and oxygen atoms in total. The van der Waals surface area contributed by atoms with E-state index in [-0.39, 0.29) is 0 Å². The standard InChI is InChI=1S/C13H18.C5H8.C4H8.C2H6/c1-5-11(3)12(4)13-8-6-10(2)7-9-13;1-3-5-4-2;1-4(2)3;1-2/h6-9H,5H2,1-4H3;3-5H,1H2,2H3;1H2,2-3H3;1-2H3/b12-11-;5-4-;;. The molecule has 0 saturated carbocycles. The van der Waals surface area contributed by atoms with E-state index in [9.17, 15) is 0 Å². The number of allylic oxidation sites excluding steroid dienone is 6. The molecular weight excluding hydrogens is 288 g/mol. The molecule has 0 N–H and O–H groups in total. The lowest BCUT2D eigenvalue weighted by atomic mass is 10.0. The Balaban J connectivity index is -0.000000333. The van der Waals surface area contributed by atoms with E-state index in [2.05, 4.69) is 65.1 Å². The van der Waals surface area contributed by atoms with E-state index in [1.807, 2.05) is 46.8 Å². The summed E-state index contributed by atoms with van der Waals surface area (Å²) in [6.07, 6.45) is 6.71. The summed E-state index contributed by atoms with van der Waals surface area (Å²) in [4.78, 5) is 0. The van der Waals surface area contributed by atoms with E-state index in [0.29, 0.717) is 0 Å². The number of rotatable bonds is 3. The highest BCUT2D eigenvalue weighted by atomic mass is 14.0. The first-order valence-corrected chi connectivity index (χ1v) is 8.89. The van der Waals surface area contributed by atoms with Gasteiger partial charge < -0.3 is 0 Å². The second-order valence-electron chi connectivity index (χ2n) is 5.59. The summed E-state index contributed by atoms with van der Waals surface area (Å²) in [5.74, 6) is 0. The summed E-state index contributed by atoms with van der Waals surface area (Å²) >= 11 is 0. The molecule has 0 radical (unpaired) electrons. The second kappa shape index (κ2) is 19.2. The summed E-state index contributed by atoms with van der Waals surface area (Å²) in [7, 11) is 0. The van der Waals surface area contributed by atoms with Crippen molar-refractivity contribution in [2.24, 2.45) is 0 Å². The van der Waals surface area contributed by atoms with Crippen LogP contribution in [0.5, 0.6) is 0 Å². The van der Waals surface area contributed by atoms with Crippen LogP contribution in [-0.2, 0) is 0 Å². The molecule has 0 heteroatoms. The maximum Gasteiger partial charge on any atom is -0.0228 e. The largest absolute Gasteiger partial charge is 0.100 e. The summed E-state index contributed by atoms with van der Waals surface area (Å²) in [5, 5.41) is 0. The molecule has 1 aromatic carbocycles. The Hall–Kier alpha value is -1.82. The van der Waals surface area contributed by atoms with Gasteiger partial charge >= 0.3 is 0 Å². The van der Waals surface area contributed by atoms with Gasteiger partial charge in [0.25, 0.3) is 0 Å². The van der Waals surface area contributed by atoms with Crippen LogP contribution in [0, 0.1) is 6.92 Å². The third-order valence-corrected chi connectivity index (χ3v) is 2.98. The number of aryl methyl sites for hydroxylation is 1. The van der Waals surface area contributed by atoms with E-state index in [0.717, 1.165) is 6.42 Å². The zero-order valence-electron chi connectivity index (χ0n) is 17.7. The van der Waals surface area contributed by atoms with Crippen molar-refractivity contribution in [2.45, 2.75) is 68.7 Å². The summed E-state index contributed by atoms with van der Waals surface area (Å²) in [6, 6.07) is 8.73. The average Bonchev–Trinajstić information content (AvgIpc) is 2.57. The van der Waals surface area contributed by atoms with Gasteiger partial charge in [-0.3, -0.25) is 0 Å². The molecule has 136 valence electrons. The fraction of sp³-hybridized carbons (Fsp3) is 0.417. The molecule has 0 atom stereocenters. The van der Waals surface area contributed by atoms with Gasteiger partial charge in [0, 0.05) is 0 Å². The van der Waals surface area contributed by atoms with Crippen LogP contribution >= 0.6 is 0 Å². The predicted molar refractivity (Wildman–Crippen MR) is 117 cm³/mol. The van der Waals surface area contributed by atoms with Gasteiger partial charge in [-0.15, -0.1) is 6.58 Å². The molecule has 0 fully saturated rings. The Morgan fingerprint density at radius 3 is 1.67 bits per heavy atom. The first kappa shape index (κ1) is 27.0. The summed E-state index contributed by atoms with van der Waals surface area (Å²) < 4.78 is 0. The van der Waals surface area contributed by atoms with Crippen molar-refractivity contribution in [3.8, 4) is 0 Å². The minimum atomic E-state index is 1.14. The molecule has 0 bridgehead atoms. The maximum absolute atomic E-state index is 3.56. The van der Waals surface area contributed by atoms with Gasteiger partial charge in [0.15, 0.2) is 0 Å². The molecule has 0 aliphatic carbocycles. The lowest BCUT2D eigenvalue weighted by Gasteiger charge is -2.06. The Morgan fingerprint density at radius 2 is 1.42 bits per heavy atom. The van der Waals surface area contributed by atoms with Crippen LogP contribution in [0.1, 0.15) is 72.9 Å². The highest BCUT2D eigenvalue weighted by Gasteiger charge is 1.97. The molecule has 0 aromatic heterocycles. The number of hydrogen-bond donors (Lipinski definition) is 0. The normalized spacial score (nSPS) is 10.0. The zero-order chi connectivity index (χ0) is 19.5. The van der Waals surface area contributed by atoms with Crippen molar-refractivity contribution in [2.75, 3.05) is 0 Å². The SMILES string of the molecule is C=C(C)C.C=C/C=C\C.CC.CC/C(C)=C(/C)c1ccc(C)cc1. The number of hydrogen-bond acceptors (Lipinski definition) is 0. The summed E-state index contributed by atoms with van der Waals surface area (Å²) in [5.41, 5.74) is 6.74. The molecule has 0 saturated heterocycles. The van der Waals surface area contributed by atoms with Gasteiger partial charge in [-0.05, 0) is 59.1 Å². The van der Waals surface area contributed by atoms with Crippen LogP contribution in [0.25, 0.3) is 5.57 Å². The van der Waals surface area contributed by atoms with E-state index in [1.54, 1.807) is 6.08 Å². The first-order chi connectivity index (χ1) is 11.3. The molecule has 0 unspecified atom stereocenters. The van der Waals surface area contributed by atoms with Crippen molar-refractivity contribution < 1.29 is 0 Å². The van der Waals surface area contributed by atoms with Crippen molar-refractivity contribution >= 4 is 5.57 Å². The van der Waals surface area contributed by atoms with Crippen LogP contribution in [0.15, 0.2) is 66.8 Å². The van der Waals surface area contributed by atoms with Crippen molar-refractivity contribution in [1.82, 2.24) is 0 Å². The van der Waals surface area contributed by atoms with Crippen LogP contribution < -0.4 is 0 Å². The van der Waals surface area contributed by atoms with Gasteiger partial charge in [-0.1, -0.05) is 86.6 Å². The van der Waals surface area contributed by atoms with Crippen molar-refractivity contribution in [3.05, 3.63) is 77.9 Å². The first-order valence-electron chi connectivity index (χ1n) is 8.89. The lowest BCUT2D eigenvalue weighted by molar-refractivity contribution is 1.10. The van der Waals surface area contributed by atoms with Crippen LogP contribution in [0.4, 0.5) is 0 Å². The van der Waals surface area contributed by atoms with E-state index < -0.39 is 0 Å². The fourth-order valence-corrected chi connectivity index (χ4v) is 1.45. The number of benzene rings is 1. The van der Waals surface area contributed by atoms with Gasteiger partial charge in [-0.25, -0.2) is 0 Å². The van der Waals surface area contributed by atoms with Crippen molar-refractivity contribution in [1.29, 1.82) is 0 Å². The van der Waals surface area contributed by atoms with Crippen LogP contribution in [0.2, 0.25) is 0 Å². The monoisotopic (exact) mass is 328 g/mol. The molecule has 24 heavy (non-hydrogen) atoms. The molecule has 1 aromatic rings. The molecule has 0 spiro atoms. The lowest BCUT2D eigenvalue weighted by Crippen LogP contribution is -1.84. The Morgan fingerprint density at radius 1 is 1.00 bits per heavy atom. The minimum absolute atomic E-state index is 1.14. The van der Waals surface area contributed by atoms with E-state index >= 15 is 0 Å². The minimum Gasteiger partial charge on any atom is -0.100 e. The second-order valence-corrected chi connectivity index (χ2v) is 5.59. The van der Waals surface area contributed by atoms with Crippen molar-refractivity contribution in [3.63, 3.8) is 0 Å². The molecule has 0 aliphatic heterocycles. The Bertz CT molecular complexity index is 477. The van der Waals surface area contributed by atoms with E-state index in [4.69, 9.17) is 0 Å². The molecule has 0 heterocycles. The quantitative estimate of drug-likeness (QED) is 0.385. The van der Waals surface area contributed by atoms with Gasteiger partial charge in [0.05, 0.1) is 0 Å². The fourth-order valence-electron chi connectivity index (χ4n) is 1.45. The van der Waals surface area contributed by atoms with Crippen LogP contribution in [0.3, 0.4) is 0 Å². The molecule has 0 amide bonds. The highest BCUT2D eigenvalue weighted by Crippen LogP contribution is 2.19. The van der Waals surface area contributed by atoms with Gasteiger partial charge in [-0.2, -0.15) is 0 Å². The molecular formula is C24H40. The molecule has 0 aliphatic rings. The summed E-state index contributed by atoms with van der Waals surface area (Å²) in [6.45, 7) is 25.6. The predicted octanol–water partition coefficient (Wildman–Crippen LogP) is 8.56. The van der Waals surface area contributed by atoms with Gasteiger partial charge in [0.1, 0.15) is 0 Å². The topological polar surface area (TPSA) is 0 Å². The molecule has 1 rings (SSSR count). The highest BCUT2D eigenvalue weighted by molar-refractivity contribution is 5.66. The third-order valence-electron chi connectivity index (χ3n) is 2.98. The zero-order valence-corrected chi connectivity index (χ0v) is 17.7. The average molecular weight is 329 g/mol. The van der Waals surface area contributed by atoms with Gasteiger partial charge in [0.2, 0.25) is 0 Å². The van der Waals surface area contributed by atoms with E-state index in [1.165, 1.54) is 27.8 Å². The third kappa shape index (κ3) is 18.2.